The Bertz CT molecular complexity index is 698. The number of hydrogen-bond acceptors (Lipinski definition) is 5. The first-order chi connectivity index (χ1) is 10.6. The number of ether oxygens (including phenoxy) is 1. The smallest absolute Gasteiger partial charge is 0.414 e. The van der Waals surface area contributed by atoms with E-state index in [0.29, 0.717) is 11.3 Å². The molecule has 0 atom stereocenters. The molecule has 1 aromatic heterocycles. The van der Waals surface area contributed by atoms with Gasteiger partial charge in [0.25, 0.3) is 5.56 Å². The van der Waals surface area contributed by atoms with E-state index in [4.69, 9.17) is 9.84 Å². The number of hydrogen-bond donors (Lipinski definition) is 3. The molecule has 0 aliphatic rings. The summed E-state index contributed by atoms with van der Waals surface area (Å²) in [7, 11) is 0. The summed E-state index contributed by atoms with van der Waals surface area (Å²) in [4.78, 5) is 30.0. The van der Waals surface area contributed by atoms with Gasteiger partial charge >= 0.3 is 6.09 Å². The van der Waals surface area contributed by atoms with Gasteiger partial charge in [-0.1, -0.05) is 30.3 Å². The van der Waals surface area contributed by atoms with Gasteiger partial charge in [0, 0.05) is 18.6 Å². The molecule has 0 unspecified atom stereocenters. The van der Waals surface area contributed by atoms with Gasteiger partial charge in [-0.3, -0.25) is 15.1 Å². The highest BCUT2D eigenvalue weighted by molar-refractivity contribution is 5.82. The van der Waals surface area contributed by atoms with Crippen molar-refractivity contribution >= 4 is 12.0 Å². The highest BCUT2D eigenvalue weighted by Crippen LogP contribution is 2.05. The number of amides is 1. The number of anilines is 1. The van der Waals surface area contributed by atoms with Crippen LogP contribution in [0.3, 0.4) is 0 Å². The van der Waals surface area contributed by atoms with E-state index in [-0.39, 0.29) is 31.1 Å². The summed E-state index contributed by atoms with van der Waals surface area (Å²) in [6, 6.07) is 9.23. The fourth-order valence-corrected chi connectivity index (χ4v) is 1.93. The van der Waals surface area contributed by atoms with Crippen LogP contribution in [0.25, 0.3) is 0 Å². The minimum Gasteiger partial charge on any atom is -0.444 e. The van der Waals surface area contributed by atoms with Crippen molar-refractivity contribution in [3.63, 3.8) is 0 Å². The van der Waals surface area contributed by atoms with Crippen molar-refractivity contribution in [1.29, 1.82) is 0 Å². The summed E-state index contributed by atoms with van der Waals surface area (Å²) in [5.41, 5.74) is 1.32. The van der Waals surface area contributed by atoms with Gasteiger partial charge in [0.05, 0.1) is 5.69 Å². The van der Waals surface area contributed by atoms with Crippen LogP contribution >= 0.6 is 0 Å². The quantitative estimate of drug-likeness (QED) is 0.773. The summed E-state index contributed by atoms with van der Waals surface area (Å²) in [5, 5.41) is 11.3. The average molecular weight is 303 g/mol. The predicted octanol–water partition coefficient (Wildman–Crippen LogP) is 1.36. The van der Waals surface area contributed by atoms with Gasteiger partial charge < -0.3 is 9.84 Å². The van der Waals surface area contributed by atoms with Gasteiger partial charge in [-0.25, -0.2) is 9.78 Å². The van der Waals surface area contributed by atoms with E-state index in [0.717, 1.165) is 5.56 Å². The predicted molar refractivity (Wildman–Crippen MR) is 80.6 cm³/mol. The van der Waals surface area contributed by atoms with Crippen LogP contribution in [0.15, 0.2) is 35.1 Å². The Morgan fingerprint density at radius 2 is 2.09 bits per heavy atom. The molecule has 7 heteroatoms. The van der Waals surface area contributed by atoms with Crippen molar-refractivity contribution in [2.24, 2.45) is 0 Å². The zero-order valence-corrected chi connectivity index (χ0v) is 12.1. The van der Waals surface area contributed by atoms with Crippen LogP contribution in [0, 0.1) is 6.92 Å². The maximum atomic E-state index is 11.8. The normalized spacial score (nSPS) is 10.3. The summed E-state index contributed by atoms with van der Waals surface area (Å²) < 4.78 is 5.04. The first-order valence-corrected chi connectivity index (χ1v) is 6.78. The van der Waals surface area contributed by atoms with Crippen LogP contribution in [0.5, 0.6) is 0 Å². The lowest BCUT2D eigenvalue weighted by molar-refractivity contribution is 0.155. The van der Waals surface area contributed by atoms with Gasteiger partial charge in [0.15, 0.2) is 0 Å². The molecule has 0 saturated heterocycles. The number of benzene rings is 1. The molecule has 1 aromatic carbocycles. The van der Waals surface area contributed by atoms with Crippen molar-refractivity contribution in [2.45, 2.75) is 20.0 Å². The maximum absolute atomic E-state index is 11.8. The van der Waals surface area contributed by atoms with Crippen molar-refractivity contribution in [3.05, 3.63) is 57.5 Å². The molecule has 0 aliphatic heterocycles. The van der Waals surface area contributed by atoms with Crippen LogP contribution in [0.1, 0.15) is 16.8 Å². The first-order valence-electron chi connectivity index (χ1n) is 6.78. The number of aliphatic hydroxyl groups is 1. The Hall–Kier alpha value is -2.67. The molecule has 0 fully saturated rings. The zero-order valence-electron chi connectivity index (χ0n) is 12.1. The van der Waals surface area contributed by atoms with E-state index >= 15 is 0 Å². The highest BCUT2D eigenvalue weighted by Gasteiger charge is 2.10. The molecule has 22 heavy (non-hydrogen) atoms. The zero-order chi connectivity index (χ0) is 15.9. The van der Waals surface area contributed by atoms with Gasteiger partial charge in [-0.2, -0.15) is 0 Å². The number of carbonyl (C=O) groups excluding carboxylic acids is 1. The fourth-order valence-electron chi connectivity index (χ4n) is 1.93. The van der Waals surface area contributed by atoms with E-state index in [1.54, 1.807) is 6.92 Å². The number of nitrogens with zero attached hydrogens (tertiary/aromatic N) is 1. The summed E-state index contributed by atoms with van der Waals surface area (Å²) in [6.45, 7) is 1.62. The molecule has 0 radical (unpaired) electrons. The minimum absolute atomic E-state index is 0.0160. The lowest BCUT2D eigenvalue weighted by Crippen LogP contribution is -2.23. The fraction of sp³-hybridized carbons (Fsp3) is 0.267. The average Bonchev–Trinajstić information content (AvgIpc) is 2.50. The van der Waals surface area contributed by atoms with Crippen LogP contribution in [-0.4, -0.2) is 27.8 Å². The first kappa shape index (κ1) is 15.7. The Labute approximate surface area is 127 Å². The van der Waals surface area contributed by atoms with Crippen LogP contribution in [-0.2, 0) is 17.8 Å². The molecule has 1 amide bonds. The third-order valence-corrected chi connectivity index (χ3v) is 3.02. The highest BCUT2D eigenvalue weighted by atomic mass is 16.5. The number of carbonyl (C=O) groups is 1. The topological polar surface area (TPSA) is 104 Å². The Kier molecular flexibility index (Phi) is 5.26. The summed E-state index contributed by atoms with van der Waals surface area (Å²) in [5.74, 6) is 0.0160. The lowest BCUT2D eigenvalue weighted by Gasteiger charge is -2.08. The third-order valence-electron chi connectivity index (χ3n) is 3.02. The molecule has 3 N–H and O–H groups in total. The van der Waals surface area contributed by atoms with E-state index < -0.39 is 6.09 Å². The largest absolute Gasteiger partial charge is 0.444 e. The van der Waals surface area contributed by atoms with Crippen LogP contribution < -0.4 is 10.9 Å². The monoisotopic (exact) mass is 303 g/mol. The Morgan fingerprint density at radius 3 is 2.73 bits per heavy atom. The molecule has 0 spiro atoms. The molecule has 1 heterocycles. The van der Waals surface area contributed by atoms with Gasteiger partial charge in [-0.05, 0) is 12.5 Å². The second kappa shape index (κ2) is 7.37. The van der Waals surface area contributed by atoms with Gasteiger partial charge in [-0.15, -0.1) is 0 Å². The van der Waals surface area contributed by atoms with Crippen LogP contribution in [0.2, 0.25) is 0 Å². The SMILES string of the molecule is Cc1nc(NC(=O)OCc2ccccc2)[nH]c(=O)c1CCO. The van der Waals surface area contributed by atoms with E-state index in [1.165, 1.54) is 0 Å². The van der Waals surface area contributed by atoms with Crippen LogP contribution in [0.4, 0.5) is 10.7 Å². The lowest BCUT2D eigenvalue weighted by atomic mass is 10.2. The summed E-state index contributed by atoms with van der Waals surface area (Å²) in [6.07, 6.45) is -0.492. The molecule has 7 nitrogen and oxygen atoms in total. The number of aromatic nitrogens is 2. The van der Waals surface area contributed by atoms with E-state index in [1.807, 2.05) is 30.3 Å². The number of H-pyrrole nitrogens is 1. The van der Waals surface area contributed by atoms with E-state index in [9.17, 15) is 9.59 Å². The number of aromatic amines is 1. The van der Waals surface area contributed by atoms with Crippen molar-refractivity contribution in [1.82, 2.24) is 9.97 Å². The molecule has 0 saturated carbocycles. The Morgan fingerprint density at radius 1 is 1.36 bits per heavy atom. The molecule has 2 rings (SSSR count). The van der Waals surface area contributed by atoms with Gasteiger partial charge in [0.1, 0.15) is 6.61 Å². The maximum Gasteiger partial charge on any atom is 0.414 e. The minimum atomic E-state index is -0.707. The number of aliphatic hydroxyl groups excluding tert-OH is 1. The Balaban J connectivity index is 1.98. The van der Waals surface area contributed by atoms with Crippen molar-refractivity contribution < 1.29 is 14.6 Å². The summed E-state index contributed by atoms with van der Waals surface area (Å²) >= 11 is 0. The molecular weight excluding hydrogens is 286 g/mol. The van der Waals surface area contributed by atoms with E-state index in [2.05, 4.69) is 15.3 Å². The number of aryl methyl sites for hydroxylation is 1. The van der Waals surface area contributed by atoms with Crippen molar-refractivity contribution in [3.8, 4) is 0 Å². The molecular formula is C15H17N3O4. The molecule has 116 valence electrons. The number of rotatable bonds is 5. The van der Waals surface area contributed by atoms with Gasteiger partial charge in [0.2, 0.25) is 5.95 Å². The standard InChI is InChI=1S/C15H17N3O4/c1-10-12(7-8-19)13(20)17-14(16-10)18-15(21)22-9-11-5-3-2-4-6-11/h2-6,19H,7-9H2,1H3,(H2,16,17,18,20,21). The second-order valence-corrected chi connectivity index (χ2v) is 4.64. The molecule has 0 aliphatic carbocycles. The van der Waals surface area contributed by atoms with Crippen molar-refractivity contribution in [2.75, 3.05) is 11.9 Å². The third kappa shape index (κ3) is 4.16. The molecule has 2 aromatic rings. The second-order valence-electron chi connectivity index (χ2n) is 4.64. The number of nitrogens with one attached hydrogen (secondary N) is 2. The molecule has 0 bridgehead atoms.